The van der Waals surface area contributed by atoms with Gasteiger partial charge < -0.3 is 0 Å². The first kappa shape index (κ1) is 11.3. The van der Waals surface area contributed by atoms with Gasteiger partial charge in [0.1, 0.15) is 17.3 Å². The van der Waals surface area contributed by atoms with Crippen LogP contribution in [0.1, 0.15) is 11.3 Å². The lowest BCUT2D eigenvalue weighted by atomic mass is 10.3. The summed E-state index contributed by atoms with van der Waals surface area (Å²) >= 11 is 3.31. The Labute approximate surface area is 100 Å². The predicted octanol–water partition coefficient (Wildman–Crippen LogP) is 3.35. The minimum absolute atomic E-state index is 0.121. The third-order valence-corrected chi connectivity index (χ3v) is 2.90. The van der Waals surface area contributed by atoms with Crippen LogP contribution < -0.4 is 0 Å². The molecular weight excluding hydrogens is 278 g/mol. The van der Waals surface area contributed by atoms with Crippen LogP contribution >= 0.6 is 15.9 Å². The largest absolute Gasteiger partial charge is 0.237 e. The zero-order valence-electron chi connectivity index (χ0n) is 8.54. The van der Waals surface area contributed by atoms with E-state index in [-0.39, 0.29) is 5.69 Å². The molecule has 0 aliphatic rings. The number of aromatic nitrogens is 2. The summed E-state index contributed by atoms with van der Waals surface area (Å²) in [6.07, 6.45) is 1.68. The quantitative estimate of drug-likeness (QED) is 0.774. The van der Waals surface area contributed by atoms with Crippen LogP contribution in [-0.4, -0.2) is 9.78 Å². The van der Waals surface area contributed by atoms with Gasteiger partial charge in [-0.1, -0.05) is 15.9 Å². The van der Waals surface area contributed by atoms with Crippen LogP contribution in [0.3, 0.4) is 0 Å². The summed E-state index contributed by atoms with van der Waals surface area (Å²) in [5.41, 5.74) is 1.86. The molecule has 2 nitrogen and oxygen atoms in total. The zero-order chi connectivity index (χ0) is 11.7. The smallest absolute Gasteiger partial charge is 0.149 e. The lowest BCUT2D eigenvalue weighted by Crippen LogP contribution is -1.99. The Morgan fingerprint density at radius 1 is 1.38 bits per heavy atom. The number of hydrogen-bond acceptors (Lipinski definition) is 1. The first-order valence-electron chi connectivity index (χ1n) is 4.68. The molecule has 1 aromatic heterocycles. The molecule has 0 unspecified atom stereocenters. The summed E-state index contributed by atoms with van der Waals surface area (Å²) in [5.74, 6) is -0.977. The van der Waals surface area contributed by atoms with E-state index in [1.807, 2.05) is 6.92 Å². The van der Waals surface area contributed by atoms with Crippen LogP contribution in [0.2, 0.25) is 0 Å². The van der Waals surface area contributed by atoms with Gasteiger partial charge in [0.25, 0.3) is 0 Å². The second kappa shape index (κ2) is 4.33. The Morgan fingerprint density at radius 3 is 2.75 bits per heavy atom. The van der Waals surface area contributed by atoms with Gasteiger partial charge in [0, 0.05) is 23.2 Å². The van der Waals surface area contributed by atoms with Gasteiger partial charge in [0.15, 0.2) is 0 Å². The molecule has 5 heteroatoms. The van der Waals surface area contributed by atoms with Crippen LogP contribution in [0.5, 0.6) is 0 Å². The minimum atomic E-state index is -0.495. The number of benzene rings is 1. The van der Waals surface area contributed by atoms with E-state index in [4.69, 9.17) is 0 Å². The summed E-state index contributed by atoms with van der Waals surface area (Å²) in [6, 6.07) is 3.30. The van der Waals surface area contributed by atoms with Gasteiger partial charge in [0.05, 0.1) is 5.69 Å². The molecule has 0 aliphatic carbocycles. The number of rotatable bonds is 2. The maximum absolute atomic E-state index is 13.5. The van der Waals surface area contributed by atoms with Crippen LogP contribution in [0, 0.1) is 18.6 Å². The van der Waals surface area contributed by atoms with Crippen molar-refractivity contribution in [2.75, 3.05) is 0 Å². The summed E-state index contributed by atoms with van der Waals surface area (Å²) in [4.78, 5) is 0. The Hall–Kier alpha value is -1.23. The van der Waals surface area contributed by atoms with Crippen molar-refractivity contribution in [2.24, 2.45) is 0 Å². The van der Waals surface area contributed by atoms with E-state index in [9.17, 15) is 8.78 Å². The van der Waals surface area contributed by atoms with Gasteiger partial charge in [-0.05, 0) is 19.1 Å². The molecule has 0 N–H and O–H groups in total. The molecular formula is C11H9BrF2N2. The standard InChI is InChI=1S/C11H9BrF2N2/c1-7-8(5-12)6-16(15-7)11-4-9(13)2-3-10(11)14/h2-4,6H,5H2,1H3. The van der Waals surface area contributed by atoms with Crippen LogP contribution in [-0.2, 0) is 5.33 Å². The van der Waals surface area contributed by atoms with E-state index in [2.05, 4.69) is 21.0 Å². The number of halogens is 3. The van der Waals surface area contributed by atoms with Crippen molar-refractivity contribution < 1.29 is 8.78 Å². The molecule has 1 heterocycles. The second-order valence-corrected chi connectivity index (χ2v) is 3.97. The average molecular weight is 287 g/mol. The van der Waals surface area contributed by atoms with Crippen molar-refractivity contribution >= 4 is 15.9 Å². The van der Waals surface area contributed by atoms with Crippen LogP contribution in [0.4, 0.5) is 8.78 Å². The maximum atomic E-state index is 13.5. The number of alkyl halides is 1. The van der Waals surface area contributed by atoms with E-state index in [0.29, 0.717) is 5.33 Å². The molecule has 0 aliphatic heterocycles. The van der Waals surface area contributed by atoms with Crippen molar-refractivity contribution in [3.8, 4) is 5.69 Å². The average Bonchev–Trinajstić information content (AvgIpc) is 2.63. The lowest BCUT2D eigenvalue weighted by molar-refractivity contribution is 0.586. The van der Waals surface area contributed by atoms with E-state index in [1.165, 1.54) is 4.68 Å². The van der Waals surface area contributed by atoms with Crippen LogP contribution in [0.25, 0.3) is 5.69 Å². The molecule has 0 fully saturated rings. The van der Waals surface area contributed by atoms with Gasteiger partial charge in [-0.15, -0.1) is 0 Å². The van der Waals surface area contributed by atoms with Crippen molar-refractivity contribution in [2.45, 2.75) is 12.3 Å². The number of aryl methyl sites for hydroxylation is 1. The molecule has 0 amide bonds. The first-order valence-corrected chi connectivity index (χ1v) is 5.80. The van der Waals surface area contributed by atoms with Crippen molar-refractivity contribution in [3.05, 3.63) is 47.3 Å². The molecule has 84 valence electrons. The van der Waals surface area contributed by atoms with Crippen molar-refractivity contribution in [1.29, 1.82) is 0 Å². The predicted molar refractivity (Wildman–Crippen MR) is 60.8 cm³/mol. The summed E-state index contributed by atoms with van der Waals surface area (Å²) < 4.78 is 27.8. The molecule has 2 aromatic rings. The lowest BCUT2D eigenvalue weighted by Gasteiger charge is -2.02. The van der Waals surface area contributed by atoms with E-state index in [0.717, 1.165) is 29.5 Å². The van der Waals surface area contributed by atoms with Crippen molar-refractivity contribution in [3.63, 3.8) is 0 Å². The van der Waals surface area contributed by atoms with Crippen molar-refractivity contribution in [1.82, 2.24) is 9.78 Å². The summed E-state index contributed by atoms with van der Waals surface area (Å²) in [6.45, 7) is 1.82. The summed E-state index contributed by atoms with van der Waals surface area (Å²) in [7, 11) is 0. The molecule has 0 bridgehead atoms. The molecule has 1 aromatic carbocycles. The Bertz CT molecular complexity index is 523. The van der Waals surface area contributed by atoms with Gasteiger partial charge >= 0.3 is 0 Å². The molecule has 0 spiro atoms. The SMILES string of the molecule is Cc1nn(-c2cc(F)ccc2F)cc1CBr. The highest BCUT2D eigenvalue weighted by Crippen LogP contribution is 2.17. The maximum Gasteiger partial charge on any atom is 0.149 e. The fraction of sp³-hybridized carbons (Fsp3) is 0.182. The van der Waals surface area contributed by atoms with E-state index >= 15 is 0 Å². The van der Waals surface area contributed by atoms with Crippen LogP contribution in [0.15, 0.2) is 24.4 Å². The highest BCUT2D eigenvalue weighted by molar-refractivity contribution is 9.08. The second-order valence-electron chi connectivity index (χ2n) is 3.41. The first-order chi connectivity index (χ1) is 7.61. The Balaban J connectivity index is 2.53. The molecule has 0 atom stereocenters. The molecule has 16 heavy (non-hydrogen) atoms. The molecule has 0 saturated carbocycles. The third-order valence-electron chi connectivity index (χ3n) is 2.30. The van der Waals surface area contributed by atoms with Gasteiger partial charge in [-0.2, -0.15) is 5.10 Å². The third kappa shape index (κ3) is 2.00. The highest BCUT2D eigenvalue weighted by Gasteiger charge is 2.10. The topological polar surface area (TPSA) is 17.8 Å². The van der Waals surface area contributed by atoms with E-state index < -0.39 is 11.6 Å². The zero-order valence-corrected chi connectivity index (χ0v) is 10.1. The molecule has 0 radical (unpaired) electrons. The molecule has 0 saturated heterocycles. The fourth-order valence-corrected chi connectivity index (χ4v) is 1.96. The molecule has 2 rings (SSSR count). The van der Waals surface area contributed by atoms with Gasteiger partial charge in [-0.3, -0.25) is 0 Å². The number of hydrogen-bond donors (Lipinski definition) is 0. The van der Waals surface area contributed by atoms with Gasteiger partial charge in [-0.25, -0.2) is 13.5 Å². The minimum Gasteiger partial charge on any atom is -0.237 e. The van der Waals surface area contributed by atoms with E-state index in [1.54, 1.807) is 6.20 Å². The normalized spacial score (nSPS) is 10.8. The fourth-order valence-electron chi connectivity index (χ4n) is 1.41. The summed E-state index contributed by atoms with van der Waals surface area (Å²) in [5, 5.41) is 4.77. The Kier molecular flexibility index (Phi) is 3.05. The Morgan fingerprint density at radius 2 is 2.12 bits per heavy atom. The number of nitrogens with zero attached hydrogens (tertiary/aromatic N) is 2. The highest BCUT2D eigenvalue weighted by atomic mass is 79.9. The monoisotopic (exact) mass is 286 g/mol. The van der Waals surface area contributed by atoms with Gasteiger partial charge in [0.2, 0.25) is 0 Å².